The maximum atomic E-state index is 12.7. The fourth-order valence-electron chi connectivity index (χ4n) is 2.92. The molecule has 6 nitrogen and oxygen atoms in total. The summed E-state index contributed by atoms with van der Waals surface area (Å²) in [6.45, 7) is 4.24. The van der Waals surface area contributed by atoms with Crippen LogP contribution >= 0.6 is 0 Å². The lowest BCUT2D eigenvalue weighted by molar-refractivity contribution is 0.369. The van der Waals surface area contributed by atoms with Crippen LogP contribution in [0, 0.1) is 6.92 Å². The van der Waals surface area contributed by atoms with Crippen molar-refractivity contribution in [1.82, 2.24) is 19.7 Å². The van der Waals surface area contributed by atoms with Crippen LogP contribution in [-0.4, -0.2) is 19.7 Å². The largest absolute Gasteiger partial charge is 0.337 e. The van der Waals surface area contributed by atoms with Crippen LogP contribution in [0.1, 0.15) is 23.9 Å². The number of hydrogen-bond acceptors (Lipinski definition) is 5. The summed E-state index contributed by atoms with van der Waals surface area (Å²) < 4.78 is 6.81. The monoisotopic (exact) mass is 346 g/mol. The van der Waals surface area contributed by atoms with Crippen LogP contribution in [0.15, 0.2) is 58.1 Å². The fraction of sp³-hybridized carbons (Fsp3) is 0.200. The minimum Gasteiger partial charge on any atom is -0.337 e. The number of aryl methyl sites for hydroxylation is 2. The zero-order valence-electron chi connectivity index (χ0n) is 14.6. The molecule has 2 aromatic carbocycles. The Morgan fingerprint density at radius 3 is 2.69 bits per heavy atom. The minimum absolute atomic E-state index is 0.120. The fourth-order valence-corrected chi connectivity index (χ4v) is 2.92. The molecule has 130 valence electrons. The lowest BCUT2D eigenvalue weighted by atomic mass is 10.1. The molecule has 0 fully saturated rings. The maximum absolute atomic E-state index is 12.7. The van der Waals surface area contributed by atoms with Gasteiger partial charge in [0.05, 0.1) is 17.2 Å². The van der Waals surface area contributed by atoms with E-state index in [1.807, 2.05) is 43.3 Å². The standard InChI is InChI=1S/C20H18N4O2/c1-3-14-7-9-15(10-8-14)19-22-17(26-23-19)11-24-12-21-18-13(2)5-4-6-16(18)20(24)25/h4-10,12H,3,11H2,1-2H3. The quantitative estimate of drug-likeness (QED) is 0.566. The third-order valence-electron chi connectivity index (χ3n) is 4.45. The van der Waals surface area contributed by atoms with E-state index in [1.165, 1.54) is 16.5 Å². The Morgan fingerprint density at radius 2 is 1.92 bits per heavy atom. The van der Waals surface area contributed by atoms with E-state index in [9.17, 15) is 4.79 Å². The average molecular weight is 346 g/mol. The van der Waals surface area contributed by atoms with Crippen molar-refractivity contribution in [3.05, 3.63) is 76.2 Å². The van der Waals surface area contributed by atoms with Gasteiger partial charge in [-0.3, -0.25) is 9.36 Å². The normalized spacial score (nSPS) is 11.2. The molecule has 0 saturated heterocycles. The Morgan fingerprint density at radius 1 is 1.12 bits per heavy atom. The molecule has 0 N–H and O–H groups in total. The van der Waals surface area contributed by atoms with Gasteiger partial charge in [-0.25, -0.2) is 4.98 Å². The molecule has 0 spiro atoms. The summed E-state index contributed by atoms with van der Waals surface area (Å²) in [5.74, 6) is 0.885. The van der Waals surface area contributed by atoms with E-state index < -0.39 is 0 Å². The van der Waals surface area contributed by atoms with Gasteiger partial charge in [-0.15, -0.1) is 0 Å². The van der Waals surface area contributed by atoms with E-state index in [0.29, 0.717) is 17.1 Å². The SMILES string of the molecule is CCc1ccc(-c2noc(Cn3cnc4c(C)cccc4c3=O)n2)cc1. The first-order chi connectivity index (χ1) is 12.7. The first kappa shape index (κ1) is 16.2. The van der Waals surface area contributed by atoms with Crippen LogP contribution in [0.5, 0.6) is 0 Å². The third-order valence-corrected chi connectivity index (χ3v) is 4.45. The molecule has 0 amide bonds. The predicted octanol–water partition coefficient (Wildman–Crippen LogP) is 3.37. The Hall–Kier alpha value is -3.28. The Labute approximate surface area is 150 Å². The number of benzene rings is 2. The van der Waals surface area contributed by atoms with Crippen LogP contribution in [0.2, 0.25) is 0 Å². The molecule has 4 aromatic rings. The van der Waals surface area contributed by atoms with Gasteiger partial charge in [0.2, 0.25) is 11.7 Å². The summed E-state index contributed by atoms with van der Waals surface area (Å²) in [7, 11) is 0. The highest BCUT2D eigenvalue weighted by Gasteiger charge is 2.12. The van der Waals surface area contributed by atoms with Crippen LogP contribution in [-0.2, 0) is 13.0 Å². The first-order valence-corrected chi connectivity index (χ1v) is 8.52. The van der Waals surface area contributed by atoms with Gasteiger partial charge in [0.15, 0.2) is 0 Å². The zero-order chi connectivity index (χ0) is 18.1. The summed E-state index contributed by atoms with van der Waals surface area (Å²) in [6.07, 6.45) is 2.51. The average Bonchev–Trinajstić information content (AvgIpc) is 3.13. The molecule has 0 bridgehead atoms. The van der Waals surface area contributed by atoms with Crippen LogP contribution in [0.3, 0.4) is 0 Å². The van der Waals surface area contributed by atoms with E-state index >= 15 is 0 Å². The molecule has 0 aliphatic carbocycles. The summed E-state index contributed by atoms with van der Waals surface area (Å²) in [6, 6.07) is 13.6. The van der Waals surface area contributed by atoms with Gasteiger partial charge in [-0.1, -0.05) is 48.5 Å². The lowest BCUT2D eigenvalue weighted by Crippen LogP contribution is -2.21. The number of nitrogens with zero attached hydrogens (tertiary/aromatic N) is 4. The van der Waals surface area contributed by atoms with Crippen LogP contribution in [0.4, 0.5) is 0 Å². The molecule has 4 rings (SSSR count). The van der Waals surface area contributed by atoms with Gasteiger partial charge in [-0.2, -0.15) is 4.98 Å². The van der Waals surface area contributed by atoms with Gasteiger partial charge in [0.1, 0.15) is 6.54 Å². The predicted molar refractivity (Wildman–Crippen MR) is 99.0 cm³/mol. The Kier molecular flexibility index (Phi) is 4.08. The van der Waals surface area contributed by atoms with E-state index in [4.69, 9.17) is 4.52 Å². The number of aromatic nitrogens is 4. The maximum Gasteiger partial charge on any atom is 0.261 e. The number of rotatable bonds is 4. The van der Waals surface area contributed by atoms with E-state index in [-0.39, 0.29) is 12.1 Å². The van der Waals surface area contributed by atoms with Crippen LogP contribution in [0.25, 0.3) is 22.3 Å². The highest BCUT2D eigenvalue weighted by molar-refractivity contribution is 5.80. The molecule has 26 heavy (non-hydrogen) atoms. The van der Waals surface area contributed by atoms with Crippen molar-refractivity contribution in [2.45, 2.75) is 26.8 Å². The topological polar surface area (TPSA) is 73.8 Å². The molecule has 0 saturated carbocycles. The summed E-state index contributed by atoms with van der Waals surface area (Å²) in [5.41, 5.74) is 3.71. The lowest BCUT2D eigenvalue weighted by Gasteiger charge is -2.05. The highest BCUT2D eigenvalue weighted by atomic mass is 16.5. The van der Waals surface area contributed by atoms with Crippen molar-refractivity contribution in [3.8, 4) is 11.4 Å². The van der Waals surface area contributed by atoms with Gasteiger partial charge < -0.3 is 4.52 Å². The van der Waals surface area contributed by atoms with E-state index in [1.54, 1.807) is 6.07 Å². The first-order valence-electron chi connectivity index (χ1n) is 8.52. The van der Waals surface area contributed by atoms with Crippen molar-refractivity contribution in [2.24, 2.45) is 0 Å². The molecular weight excluding hydrogens is 328 g/mol. The number of hydrogen-bond donors (Lipinski definition) is 0. The third kappa shape index (κ3) is 2.90. The second-order valence-corrected chi connectivity index (χ2v) is 6.21. The van der Waals surface area contributed by atoms with Crippen molar-refractivity contribution in [1.29, 1.82) is 0 Å². The van der Waals surface area contributed by atoms with E-state index in [2.05, 4.69) is 22.0 Å². The Bertz CT molecular complexity index is 1130. The van der Waals surface area contributed by atoms with Crippen molar-refractivity contribution < 1.29 is 4.52 Å². The second-order valence-electron chi connectivity index (χ2n) is 6.21. The van der Waals surface area contributed by atoms with Crippen LogP contribution < -0.4 is 5.56 Å². The molecule has 0 radical (unpaired) electrons. The summed E-state index contributed by atoms with van der Waals surface area (Å²) in [5, 5.41) is 4.61. The Balaban J connectivity index is 1.64. The molecule has 2 heterocycles. The molecule has 0 aliphatic heterocycles. The van der Waals surface area contributed by atoms with Gasteiger partial charge in [0.25, 0.3) is 5.56 Å². The molecule has 0 unspecified atom stereocenters. The van der Waals surface area contributed by atoms with Gasteiger partial charge in [-0.05, 0) is 30.5 Å². The highest BCUT2D eigenvalue weighted by Crippen LogP contribution is 2.17. The molecule has 0 aliphatic rings. The second kappa shape index (κ2) is 6.55. The minimum atomic E-state index is -0.120. The van der Waals surface area contributed by atoms with Crippen molar-refractivity contribution >= 4 is 10.9 Å². The molecule has 2 aromatic heterocycles. The van der Waals surface area contributed by atoms with E-state index in [0.717, 1.165) is 23.1 Å². The molecule has 0 atom stereocenters. The number of fused-ring (bicyclic) bond motifs is 1. The van der Waals surface area contributed by atoms with Gasteiger partial charge in [0, 0.05) is 5.56 Å². The summed E-state index contributed by atoms with van der Waals surface area (Å²) >= 11 is 0. The zero-order valence-corrected chi connectivity index (χ0v) is 14.6. The molecule has 6 heteroatoms. The smallest absolute Gasteiger partial charge is 0.261 e. The van der Waals surface area contributed by atoms with Crippen molar-refractivity contribution in [3.63, 3.8) is 0 Å². The number of para-hydroxylation sites is 1. The van der Waals surface area contributed by atoms with Gasteiger partial charge >= 0.3 is 0 Å². The molecular formula is C20H18N4O2. The van der Waals surface area contributed by atoms with Crippen molar-refractivity contribution in [2.75, 3.05) is 0 Å². The summed E-state index contributed by atoms with van der Waals surface area (Å²) in [4.78, 5) is 21.5.